The molecule has 1 atom stereocenters. The minimum absolute atomic E-state index is 0.428. The first-order valence-electron chi connectivity index (χ1n) is 6.38. The minimum atomic E-state index is 0.428. The van der Waals surface area contributed by atoms with Crippen molar-refractivity contribution in [3.8, 4) is 0 Å². The van der Waals surface area contributed by atoms with Crippen LogP contribution in [-0.4, -0.2) is 49.6 Å². The molecule has 1 unspecified atom stereocenters. The molecule has 1 aliphatic heterocycles. The number of guanidine groups is 1. The standard InChI is InChI=1S/C12H26N4/c1-5-16-8-6-7-11(16)9-14-12(13-4)15-10(2)3/h10-11H,5-9H2,1-4H3,(H2,13,14,15). The number of likely N-dealkylation sites (tertiary alicyclic amines) is 1. The van der Waals surface area contributed by atoms with Crippen molar-refractivity contribution in [1.82, 2.24) is 15.5 Å². The van der Waals surface area contributed by atoms with Crippen molar-refractivity contribution in [2.75, 3.05) is 26.7 Å². The molecule has 1 heterocycles. The summed E-state index contributed by atoms with van der Waals surface area (Å²) in [4.78, 5) is 6.75. The van der Waals surface area contributed by atoms with Crippen molar-refractivity contribution in [3.05, 3.63) is 0 Å². The molecule has 0 spiro atoms. The zero-order valence-corrected chi connectivity index (χ0v) is 11.1. The summed E-state index contributed by atoms with van der Waals surface area (Å²) in [6.45, 7) is 9.89. The highest BCUT2D eigenvalue weighted by molar-refractivity contribution is 5.79. The monoisotopic (exact) mass is 226 g/mol. The van der Waals surface area contributed by atoms with E-state index in [1.807, 2.05) is 7.05 Å². The molecule has 0 amide bonds. The number of likely N-dealkylation sites (N-methyl/N-ethyl adjacent to an activating group) is 1. The second kappa shape index (κ2) is 6.74. The van der Waals surface area contributed by atoms with Crippen molar-refractivity contribution < 1.29 is 0 Å². The number of aliphatic imine (C=N–C) groups is 1. The van der Waals surface area contributed by atoms with Gasteiger partial charge in [-0.25, -0.2) is 0 Å². The summed E-state index contributed by atoms with van der Waals surface area (Å²) >= 11 is 0. The van der Waals surface area contributed by atoms with Crippen molar-refractivity contribution in [3.63, 3.8) is 0 Å². The number of nitrogens with one attached hydrogen (secondary N) is 2. The Labute approximate surface area is 99.5 Å². The molecule has 0 aromatic heterocycles. The van der Waals surface area contributed by atoms with Gasteiger partial charge < -0.3 is 10.6 Å². The molecule has 0 radical (unpaired) electrons. The van der Waals surface area contributed by atoms with Gasteiger partial charge in [0, 0.05) is 25.7 Å². The molecule has 2 N–H and O–H groups in total. The number of rotatable bonds is 4. The van der Waals surface area contributed by atoms with E-state index in [0.29, 0.717) is 12.1 Å². The third-order valence-corrected chi connectivity index (χ3v) is 3.06. The average Bonchev–Trinajstić information content (AvgIpc) is 2.70. The van der Waals surface area contributed by atoms with Crippen LogP contribution in [0.15, 0.2) is 4.99 Å². The predicted molar refractivity (Wildman–Crippen MR) is 69.9 cm³/mol. The molecule has 4 nitrogen and oxygen atoms in total. The Kier molecular flexibility index (Phi) is 5.60. The van der Waals surface area contributed by atoms with Crippen LogP contribution in [0.4, 0.5) is 0 Å². The lowest BCUT2D eigenvalue weighted by molar-refractivity contribution is 0.267. The molecule has 0 bridgehead atoms. The Hall–Kier alpha value is -0.770. The van der Waals surface area contributed by atoms with Gasteiger partial charge >= 0.3 is 0 Å². The predicted octanol–water partition coefficient (Wildman–Crippen LogP) is 1.04. The van der Waals surface area contributed by atoms with E-state index >= 15 is 0 Å². The van der Waals surface area contributed by atoms with E-state index in [1.165, 1.54) is 19.4 Å². The highest BCUT2D eigenvalue weighted by Gasteiger charge is 2.22. The Morgan fingerprint density at radius 2 is 2.25 bits per heavy atom. The maximum atomic E-state index is 4.22. The third-order valence-electron chi connectivity index (χ3n) is 3.06. The Bertz CT molecular complexity index is 225. The van der Waals surface area contributed by atoms with Crippen LogP contribution in [-0.2, 0) is 0 Å². The number of hydrogen-bond acceptors (Lipinski definition) is 2. The quantitative estimate of drug-likeness (QED) is 0.556. The zero-order valence-electron chi connectivity index (χ0n) is 11.1. The highest BCUT2D eigenvalue weighted by atomic mass is 15.2. The maximum Gasteiger partial charge on any atom is 0.191 e. The van der Waals surface area contributed by atoms with Gasteiger partial charge in [0.15, 0.2) is 5.96 Å². The average molecular weight is 226 g/mol. The van der Waals surface area contributed by atoms with Crippen molar-refractivity contribution >= 4 is 5.96 Å². The molecule has 0 aromatic carbocycles. The van der Waals surface area contributed by atoms with Gasteiger partial charge in [-0.05, 0) is 39.8 Å². The third kappa shape index (κ3) is 4.00. The van der Waals surface area contributed by atoms with E-state index in [4.69, 9.17) is 0 Å². The van der Waals surface area contributed by atoms with Crippen LogP contribution in [0.25, 0.3) is 0 Å². The van der Waals surface area contributed by atoms with Crippen LogP contribution in [0, 0.1) is 0 Å². The first-order chi connectivity index (χ1) is 7.67. The fourth-order valence-electron chi connectivity index (χ4n) is 2.23. The smallest absolute Gasteiger partial charge is 0.191 e. The second-order valence-corrected chi connectivity index (χ2v) is 4.68. The van der Waals surface area contributed by atoms with E-state index in [2.05, 4.69) is 41.3 Å². The van der Waals surface area contributed by atoms with Gasteiger partial charge in [0.1, 0.15) is 0 Å². The molecular weight excluding hydrogens is 200 g/mol. The topological polar surface area (TPSA) is 39.7 Å². The Morgan fingerprint density at radius 3 is 2.81 bits per heavy atom. The molecule has 1 saturated heterocycles. The molecule has 0 aromatic rings. The van der Waals surface area contributed by atoms with Gasteiger partial charge in [0.2, 0.25) is 0 Å². The first kappa shape index (κ1) is 13.3. The lowest BCUT2D eigenvalue weighted by Crippen LogP contribution is -2.46. The molecule has 16 heavy (non-hydrogen) atoms. The summed E-state index contributed by atoms with van der Waals surface area (Å²) in [5.41, 5.74) is 0. The van der Waals surface area contributed by atoms with Gasteiger partial charge in [-0.2, -0.15) is 0 Å². The summed E-state index contributed by atoms with van der Waals surface area (Å²) in [6, 6.07) is 1.10. The summed E-state index contributed by atoms with van der Waals surface area (Å²) < 4.78 is 0. The molecule has 4 heteroatoms. The fourth-order valence-corrected chi connectivity index (χ4v) is 2.23. The highest BCUT2D eigenvalue weighted by Crippen LogP contribution is 2.15. The molecule has 0 aliphatic carbocycles. The summed E-state index contributed by atoms with van der Waals surface area (Å²) in [6.07, 6.45) is 2.63. The molecule has 1 rings (SSSR count). The summed E-state index contributed by atoms with van der Waals surface area (Å²) in [5.74, 6) is 0.915. The van der Waals surface area contributed by atoms with Crippen LogP contribution < -0.4 is 10.6 Å². The molecular formula is C12H26N4. The normalized spacial score (nSPS) is 22.8. The lowest BCUT2D eigenvalue weighted by atomic mass is 10.2. The van der Waals surface area contributed by atoms with Crippen LogP contribution in [0.5, 0.6) is 0 Å². The zero-order chi connectivity index (χ0) is 12.0. The SMILES string of the molecule is CCN1CCCC1CNC(=NC)NC(C)C. The van der Waals surface area contributed by atoms with Crippen LogP contribution >= 0.6 is 0 Å². The van der Waals surface area contributed by atoms with E-state index < -0.39 is 0 Å². The maximum absolute atomic E-state index is 4.22. The van der Waals surface area contributed by atoms with Crippen molar-refractivity contribution in [1.29, 1.82) is 0 Å². The van der Waals surface area contributed by atoms with E-state index in [-0.39, 0.29) is 0 Å². The van der Waals surface area contributed by atoms with Crippen molar-refractivity contribution in [2.24, 2.45) is 4.99 Å². The van der Waals surface area contributed by atoms with E-state index in [1.54, 1.807) is 0 Å². The van der Waals surface area contributed by atoms with Gasteiger partial charge in [-0.1, -0.05) is 6.92 Å². The van der Waals surface area contributed by atoms with E-state index in [9.17, 15) is 0 Å². The van der Waals surface area contributed by atoms with Gasteiger partial charge in [-0.15, -0.1) is 0 Å². The van der Waals surface area contributed by atoms with Gasteiger partial charge in [0.25, 0.3) is 0 Å². The molecule has 0 saturated carbocycles. The van der Waals surface area contributed by atoms with Crippen LogP contribution in [0.3, 0.4) is 0 Å². The molecule has 1 aliphatic rings. The summed E-state index contributed by atoms with van der Waals surface area (Å²) in [5, 5.41) is 6.71. The fraction of sp³-hybridized carbons (Fsp3) is 0.917. The lowest BCUT2D eigenvalue weighted by Gasteiger charge is -2.24. The molecule has 94 valence electrons. The Morgan fingerprint density at radius 1 is 1.50 bits per heavy atom. The van der Waals surface area contributed by atoms with Crippen molar-refractivity contribution in [2.45, 2.75) is 45.7 Å². The number of nitrogens with zero attached hydrogens (tertiary/aromatic N) is 2. The van der Waals surface area contributed by atoms with Gasteiger partial charge in [0.05, 0.1) is 0 Å². The number of hydrogen-bond donors (Lipinski definition) is 2. The summed E-state index contributed by atoms with van der Waals surface area (Å²) in [7, 11) is 1.82. The second-order valence-electron chi connectivity index (χ2n) is 4.68. The molecule has 1 fully saturated rings. The largest absolute Gasteiger partial charge is 0.355 e. The van der Waals surface area contributed by atoms with Crippen LogP contribution in [0.1, 0.15) is 33.6 Å². The minimum Gasteiger partial charge on any atom is -0.355 e. The Balaban J connectivity index is 2.32. The first-order valence-corrected chi connectivity index (χ1v) is 6.38. The van der Waals surface area contributed by atoms with Crippen LogP contribution in [0.2, 0.25) is 0 Å². The van der Waals surface area contributed by atoms with Gasteiger partial charge in [-0.3, -0.25) is 9.89 Å². The van der Waals surface area contributed by atoms with E-state index in [0.717, 1.165) is 19.0 Å².